The van der Waals surface area contributed by atoms with Crippen molar-refractivity contribution in [3.63, 3.8) is 0 Å². The van der Waals surface area contributed by atoms with Crippen LogP contribution >= 0.6 is 11.6 Å². The Morgan fingerprint density at radius 1 is 0.957 bits per heavy atom. The van der Waals surface area contributed by atoms with Crippen molar-refractivity contribution in [2.24, 2.45) is 5.10 Å². The number of halogens is 1. The molecule has 0 spiro atoms. The van der Waals surface area contributed by atoms with E-state index in [4.69, 9.17) is 11.6 Å². The first-order chi connectivity index (χ1) is 11.1. The van der Waals surface area contributed by atoms with Gasteiger partial charge in [-0.3, -0.25) is 5.43 Å². The molecule has 3 nitrogen and oxygen atoms in total. The topological polar surface area (TPSA) is 29.3 Å². The molecule has 0 radical (unpaired) electrons. The van der Waals surface area contributed by atoms with Crippen LogP contribution in [0.5, 0.6) is 0 Å². The van der Waals surface area contributed by atoms with Gasteiger partial charge in [0.25, 0.3) is 0 Å². The lowest BCUT2D eigenvalue weighted by Gasteiger charge is -2.09. The maximum Gasteiger partial charge on any atom is 0.0576 e. The molecule has 2 aromatic carbocycles. The molecule has 1 aromatic heterocycles. The molecule has 0 aliphatic heterocycles. The molecular formula is C19H18ClN3. The summed E-state index contributed by atoms with van der Waals surface area (Å²) >= 11 is 5.94. The Hall–Kier alpha value is -2.52. The smallest absolute Gasteiger partial charge is 0.0576 e. The minimum absolute atomic E-state index is 0.687. The number of benzene rings is 2. The van der Waals surface area contributed by atoms with Gasteiger partial charge in [-0.2, -0.15) is 5.10 Å². The standard InChI is InChI=1S/C19H18ClN3/c1-14-6-7-15(2)23(14)19-10-8-16(9-11-19)13-21-22-18-5-3-4-17(20)12-18/h3-13,22H,1-2H3/b21-13+. The van der Waals surface area contributed by atoms with Gasteiger partial charge in [-0.05, 0) is 61.9 Å². The van der Waals surface area contributed by atoms with Crippen molar-refractivity contribution < 1.29 is 0 Å². The van der Waals surface area contributed by atoms with Crippen LogP contribution in [0.15, 0.2) is 65.8 Å². The van der Waals surface area contributed by atoms with Gasteiger partial charge in [-0.15, -0.1) is 0 Å². The zero-order valence-corrected chi connectivity index (χ0v) is 13.9. The Balaban J connectivity index is 1.71. The summed E-state index contributed by atoms with van der Waals surface area (Å²) in [5, 5.41) is 4.93. The summed E-state index contributed by atoms with van der Waals surface area (Å²) in [6.07, 6.45) is 1.79. The molecule has 1 heterocycles. The van der Waals surface area contributed by atoms with Gasteiger partial charge in [0.15, 0.2) is 0 Å². The van der Waals surface area contributed by atoms with Gasteiger partial charge in [0, 0.05) is 22.1 Å². The minimum atomic E-state index is 0.687. The number of nitrogens with zero attached hydrogens (tertiary/aromatic N) is 2. The number of nitrogens with one attached hydrogen (secondary N) is 1. The van der Waals surface area contributed by atoms with Gasteiger partial charge in [0.2, 0.25) is 0 Å². The van der Waals surface area contributed by atoms with Crippen molar-refractivity contribution in [1.29, 1.82) is 0 Å². The van der Waals surface area contributed by atoms with Crippen molar-refractivity contribution in [2.75, 3.05) is 5.43 Å². The summed E-state index contributed by atoms with van der Waals surface area (Å²) in [7, 11) is 0. The molecular weight excluding hydrogens is 306 g/mol. The third-order valence-electron chi connectivity index (χ3n) is 3.65. The Morgan fingerprint density at radius 3 is 2.30 bits per heavy atom. The number of aromatic nitrogens is 1. The zero-order valence-electron chi connectivity index (χ0n) is 13.1. The average Bonchev–Trinajstić information content (AvgIpc) is 2.87. The molecule has 23 heavy (non-hydrogen) atoms. The van der Waals surface area contributed by atoms with Crippen LogP contribution in [0.25, 0.3) is 5.69 Å². The zero-order chi connectivity index (χ0) is 16.2. The molecule has 0 saturated heterocycles. The largest absolute Gasteiger partial charge is 0.319 e. The number of aryl methyl sites for hydroxylation is 2. The quantitative estimate of drug-likeness (QED) is 0.519. The molecule has 0 fully saturated rings. The van der Waals surface area contributed by atoms with Crippen molar-refractivity contribution in [2.45, 2.75) is 13.8 Å². The first-order valence-corrected chi connectivity index (χ1v) is 7.81. The van der Waals surface area contributed by atoms with Crippen molar-refractivity contribution in [3.05, 3.63) is 82.6 Å². The van der Waals surface area contributed by atoms with Crippen LogP contribution in [0, 0.1) is 13.8 Å². The second kappa shape index (κ2) is 6.71. The summed E-state index contributed by atoms with van der Waals surface area (Å²) in [5.74, 6) is 0. The first-order valence-electron chi connectivity index (χ1n) is 7.43. The first kappa shape index (κ1) is 15.4. The maximum absolute atomic E-state index is 5.94. The Kier molecular flexibility index (Phi) is 4.49. The van der Waals surface area contributed by atoms with E-state index in [1.807, 2.05) is 24.3 Å². The number of hydrogen-bond donors (Lipinski definition) is 1. The fraction of sp³-hybridized carbons (Fsp3) is 0.105. The molecule has 1 N–H and O–H groups in total. The molecule has 4 heteroatoms. The van der Waals surface area contributed by atoms with Gasteiger partial charge in [-0.25, -0.2) is 0 Å². The van der Waals surface area contributed by atoms with E-state index in [-0.39, 0.29) is 0 Å². The van der Waals surface area contributed by atoms with E-state index in [1.165, 1.54) is 11.4 Å². The summed E-state index contributed by atoms with van der Waals surface area (Å²) in [6, 6.07) is 20.0. The monoisotopic (exact) mass is 323 g/mol. The second-order valence-corrected chi connectivity index (χ2v) is 5.86. The van der Waals surface area contributed by atoms with E-state index in [2.05, 4.69) is 65.3 Å². The van der Waals surface area contributed by atoms with Crippen molar-refractivity contribution in [3.8, 4) is 5.69 Å². The highest BCUT2D eigenvalue weighted by molar-refractivity contribution is 6.30. The van der Waals surface area contributed by atoms with Crippen molar-refractivity contribution in [1.82, 2.24) is 4.57 Å². The van der Waals surface area contributed by atoms with E-state index in [1.54, 1.807) is 6.21 Å². The number of hydrogen-bond acceptors (Lipinski definition) is 2. The normalized spacial score (nSPS) is 11.1. The van der Waals surface area contributed by atoms with Crippen LogP contribution in [0.4, 0.5) is 5.69 Å². The van der Waals surface area contributed by atoms with Gasteiger partial charge in [0.1, 0.15) is 0 Å². The summed E-state index contributed by atoms with van der Waals surface area (Å²) in [6.45, 7) is 4.22. The molecule has 0 aliphatic rings. The predicted octanol–water partition coefficient (Wildman–Crippen LogP) is 5.19. The van der Waals surface area contributed by atoms with Crippen LogP contribution in [0.1, 0.15) is 17.0 Å². The van der Waals surface area contributed by atoms with E-state index in [0.29, 0.717) is 5.02 Å². The lowest BCUT2D eigenvalue weighted by molar-refractivity contribution is 0.966. The highest BCUT2D eigenvalue weighted by Crippen LogP contribution is 2.17. The predicted molar refractivity (Wildman–Crippen MR) is 97.9 cm³/mol. The molecule has 0 saturated carbocycles. The van der Waals surface area contributed by atoms with E-state index >= 15 is 0 Å². The lowest BCUT2D eigenvalue weighted by Crippen LogP contribution is -1.98. The van der Waals surface area contributed by atoms with Gasteiger partial charge < -0.3 is 4.57 Å². The second-order valence-electron chi connectivity index (χ2n) is 5.42. The number of rotatable bonds is 4. The molecule has 0 bridgehead atoms. The summed E-state index contributed by atoms with van der Waals surface area (Å²) in [4.78, 5) is 0. The van der Waals surface area contributed by atoms with Gasteiger partial charge >= 0.3 is 0 Å². The Labute approximate surface area is 141 Å². The Morgan fingerprint density at radius 2 is 1.65 bits per heavy atom. The van der Waals surface area contributed by atoms with Crippen molar-refractivity contribution >= 4 is 23.5 Å². The molecule has 0 atom stereocenters. The van der Waals surface area contributed by atoms with E-state index < -0.39 is 0 Å². The van der Waals surface area contributed by atoms with Crippen LogP contribution in [0.2, 0.25) is 5.02 Å². The molecule has 0 unspecified atom stereocenters. The molecule has 0 amide bonds. The summed E-state index contributed by atoms with van der Waals surface area (Å²) < 4.78 is 2.23. The van der Waals surface area contributed by atoms with Gasteiger partial charge in [-0.1, -0.05) is 29.8 Å². The third kappa shape index (κ3) is 3.63. The number of hydrazone groups is 1. The molecule has 116 valence electrons. The van der Waals surface area contributed by atoms with Gasteiger partial charge in [0.05, 0.1) is 11.9 Å². The fourth-order valence-corrected chi connectivity index (χ4v) is 2.71. The van der Waals surface area contributed by atoms with Crippen LogP contribution in [0.3, 0.4) is 0 Å². The van der Waals surface area contributed by atoms with E-state index in [9.17, 15) is 0 Å². The van der Waals surface area contributed by atoms with E-state index in [0.717, 1.165) is 16.9 Å². The highest BCUT2D eigenvalue weighted by atomic mass is 35.5. The third-order valence-corrected chi connectivity index (χ3v) is 3.89. The molecule has 0 aliphatic carbocycles. The SMILES string of the molecule is Cc1ccc(C)n1-c1ccc(/C=N/Nc2cccc(Cl)c2)cc1. The van der Waals surface area contributed by atoms with Crippen LogP contribution < -0.4 is 5.43 Å². The lowest BCUT2D eigenvalue weighted by atomic mass is 10.2. The number of anilines is 1. The van der Waals surface area contributed by atoms with Crippen LogP contribution in [-0.2, 0) is 0 Å². The minimum Gasteiger partial charge on any atom is -0.319 e. The Bertz CT molecular complexity index is 813. The van der Waals surface area contributed by atoms with Crippen LogP contribution in [-0.4, -0.2) is 10.8 Å². The maximum atomic E-state index is 5.94. The average molecular weight is 324 g/mol. The fourth-order valence-electron chi connectivity index (χ4n) is 2.52. The molecule has 3 aromatic rings. The summed E-state index contributed by atoms with van der Waals surface area (Å²) in [5.41, 5.74) is 8.49. The molecule has 3 rings (SSSR count). The highest BCUT2D eigenvalue weighted by Gasteiger charge is 2.03.